The fourth-order valence-corrected chi connectivity index (χ4v) is 2.37. The van der Waals surface area contributed by atoms with E-state index < -0.39 is 5.91 Å². The smallest absolute Gasteiger partial charge is 0.241 e. The van der Waals surface area contributed by atoms with Gasteiger partial charge >= 0.3 is 0 Å². The van der Waals surface area contributed by atoms with Gasteiger partial charge in [0, 0.05) is 24.9 Å². The standard InChI is InChI=1S/C14H17ClN2O2/c1-10-12(17-6-8-19-9-7-17)4-2-11(14(10)15)3-5-13(16)18/h2-5H,6-9H2,1H3,(H2,16,18)/b5-3-. The second-order valence-electron chi connectivity index (χ2n) is 4.45. The molecule has 2 rings (SSSR count). The Bertz CT molecular complexity index is 508. The molecule has 4 nitrogen and oxygen atoms in total. The molecule has 0 unspecified atom stereocenters. The molecule has 1 aromatic carbocycles. The third-order valence-electron chi connectivity index (χ3n) is 3.17. The number of nitrogens with two attached hydrogens (primary N) is 1. The number of benzene rings is 1. The number of nitrogens with zero attached hydrogens (tertiary/aromatic N) is 1. The number of ether oxygens (including phenoxy) is 1. The van der Waals surface area contributed by atoms with Gasteiger partial charge in [-0.25, -0.2) is 0 Å². The number of carbonyl (C=O) groups excluding carboxylic acids is 1. The average Bonchev–Trinajstić information content (AvgIpc) is 2.41. The van der Waals surface area contributed by atoms with E-state index in [1.807, 2.05) is 19.1 Å². The van der Waals surface area contributed by atoms with Gasteiger partial charge in [0.1, 0.15) is 0 Å². The molecule has 0 saturated carbocycles. The summed E-state index contributed by atoms with van der Waals surface area (Å²) in [6, 6.07) is 3.92. The first kappa shape index (κ1) is 13.9. The van der Waals surface area contributed by atoms with Crippen molar-refractivity contribution in [2.45, 2.75) is 6.92 Å². The van der Waals surface area contributed by atoms with Crippen LogP contribution in [0.25, 0.3) is 6.08 Å². The van der Waals surface area contributed by atoms with Crippen LogP contribution in [0.4, 0.5) is 5.69 Å². The fourth-order valence-electron chi connectivity index (χ4n) is 2.14. The minimum absolute atomic E-state index is 0.481. The van der Waals surface area contributed by atoms with Crippen LogP contribution in [0.15, 0.2) is 18.2 Å². The molecule has 2 N–H and O–H groups in total. The number of primary amides is 1. The first-order chi connectivity index (χ1) is 9.09. The highest BCUT2D eigenvalue weighted by Gasteiger charge is 2.15. The zero-order valence-electron chi connectivity index (χ0n) is 10.9. The van der Waals surface area contributed by atoms with Gasteiger partial charge < -0.3 is 15.4 Å². The molecule has 0 aliphatic carbocycles. The predicted molar refractivity (Wildman–Crippen MR) is 77.4 cm³/mol. The van der Waals surface area contributed by atoms with Crippen molar-refractivity contribution in [1.82, 2.24) is 0 Å². The van der Waals surface area contributed by atoms with Crippen molar-refractivity contribution >= 4 is 29.3 Å². The van der Waals surface area contributed by atoms with E-state index in [2.05, 4.69) is 4.90 Å². The van der Waals surface area contributed by atoms with Crippen molar-refractivity contribution < 1.29 is 9.53 Å². The maximum Gasteiger partial charge on any atom is 0.241 e. The number of hydrogen-bond donors (Lipinski definition) is 1. The number of rotatable bonds is 3. The van der Waals surface area contributed by atoms with Crippen LogP contribution in [0.3, 0.4) is 0 Å². The normalized spacial score (nSPS) is 16.0. The number of morpholine rings is 1. The first-order valence-corrected chi connectivity index (χ1v) is 6.56. The van der Waals surface area contributed by atoms with Gasteiger partial charge in [-0.3, -0.25) is 4.79 Å². The predicted octanol–water partition coefficient (Wildman–Crippen LogP) is 1.98. The molecule has 5 heteroatoms. The van der Waals surface area contributed by atoms with E-state index in [0.29, 0.717) is 5.02 Å². The van der Waals surface area contributed by atoms with Gasteiger partial charge in [-0.1, -0.05) is 17.7 Å². The van der Waals surface area contributed by atoms with Gasteiger partial charge in [0.05, 0.1) is 18.2 Å². The summed E-state index contributed by atoms with van der Waals surface area (Å²) in [4.78, 5) is 13.0. The second kappa shape index (κ2) is 6.08. The molecule has 0 spiro atoms. The summed E-state index contributed by atoms with van der Waals surface area (Å²) in [6.07, 6.45) is 2.95. The minimum atomic E-state index is -0.481. The molecule has 1 aromatic rings. The van der Waals surface area contributed by atoms with E-state index in [-0.39, 0.29) is 0 Å². The van der Waals surface area contributed by atoms with Crippen molar-refractivity contribution in [3.8, 4) is 0 Å². The average molecular weight is 281 g/mol. The van der Waals surface area contributed by atoms with Crippen molar-refractivity contribution in [3.63, 3.8) is 0 Å². The Labute approximate surface area is 117 Å². The lowest BCUT2D eigenvalue weighted by Gasteiger charge is -2.30. The Hall–Kier alpha value is -1.52. The quantitative estimate of drug-likeness (QED) is 0.862. The van der Waals surface area contributed by atoms with E-state index >= 15 is 0 Å². The monoisotopic (exact) mass is 280 g/mol. The molecule has 1 aliphatic rings. The summed E-state index contributed by atoms with van der Waals surface area (Å²) in [5.74, 6) is -0.481. The van der Waals surface area contributed by atoms with Gasteiger partial charge in [-0.2, -0.15) is 0 Å². The van der Waals surface area contributed by atoms with E-state index in [1.54, 1.807) is 6.08 Å². The molecule has 1 saturated heterocycles. The Morgan fingerprint density at radius 2 is 2.11 bits per heavy atom. The number of amides is 1. The van der Waals surface area contributed by atoms with E-state index in [1.165, 1.54) is 6.08 Å². The lowest BCUT2D eigenvalue weighted by Crippen LogP contribution is -2.36. The molecule has 1 aliphatic heterocycles. The number of hydrogen-bond acceptors (Lipinski definition) is 3. The van der Waals surface area contributed by atoms with Gasteiger partial charge in [0.25, 0.3) is 0 Å². The van der Waals surface area contributed by atoms with Crippen LogP contribution in [0, 0.1) is 6.92 Å². The highest BCUT2D eigenvalue weighted by molar-refractivity contribution is 6.33. The molecular formula is C14H17ClN2O2. The minimum Gasteiger partial charge on any atom is -0.378 e. The van der Waals surface area contributed by atoms with E-state index in [4.69, 9.17) is 22.1 Å². The largest absolute Gasteiger partial charge is 0.378 e. The molecule has 1 heterocycles. The number of halogens is 1. The van der Waals surface area contributed by atoms with E-state index in [0.717, 1.165) is 43.1 Å². The zero-order valence-corrected chi connectivity index (χ0v) is 11.6. The molecular weight excluding hydrogens is 264 g/mol. The topological polar surface area (TPSA) is 55.6 Å². The third kappa shape index (κ3) is 3.28. The van der Waals surface area contributed by atoms with Crippen molar-refractivity contribution in [1.29, 1.82) is 0 Å². The third-order valence-corrected chi connectivity index (χ3v) is 3.67. The summed E-state index contributed by atoms with van der Waals surface area (Å²) < 4.78 is 5.34. The Morgan fingerprint density at radius 1 is 1.42 bits per heavy atom. The van der Waals surface area contributed by atoms with Gasteiger partial charge in [0.15, 0.2) is 0 Å². The second-order valence-corrected chi connectivity index (χ2v) is 4.83. The Balaban J connectivity index is 2.28. The first-order valence-electron chi connectivity index (χ1n) is 6.19. The van der Waals surface area contributed by atoms with Crippen LogP contribution in [-0.4, -0.2) is 32.2 Å². The maximum absolute atomic E-state index is 10.8. The van der Waals surface area contributed by atoms with Crippen molar-refractivity contribution in [3.05, 3.63) is 34.4 Å². The number of anilines is 1. The van der Waals surface area contributed by atoms with Gasteiger partial charge in [-0.05, 0) is 30.2 Å². The van der Waals surface area contributed by atoms with Crippen LogP contribution in [0.1, 0.15) is 11.1 Å². The molecule has 0 atom stereocenters. The SMILES string of the molecule is Cc1c(N2CCOCC2)ccc(/C=C\C(N)=O)c1Cl. The summed E-state index contributed by atoms with van der Waals surface area (Å²) in [5.41, 5.74) is 8.01. The summed E-state index contributed by atoms with van der Waals surface area (Å²) in [7, 11) is 0. The Morgan fingerprint density at radius 3 is 2.74 bits per heavy atom. The van der Waals surface area contributed by atoms with Crippen LogP contribution in [0.5, 0.6) is 0 Å². The fraction of sp³-hybridized carbons (Fsp3) is 0.357. The molecule has 19 heavy (non-hydrogen) atoms. The van der Waals surface area contributed by atoms with Gasteiger partial charge in [0.2, 0.25) is 5.91 Å². The number of carbonyl (C=O) groups is 1. The maximum atomic E-state index is 10.8. The summed E-state index contributed by atoms with van der Waals surface area (Å²) in [5, 5.41) is 0.654. The Kier molecular flexibility index (Phi) is 4.45. The van der Waals surface area contributed by atoms with Crippen LogP contribution in [0.2, 0.25) is 5.02 Å². The molecule has 1 amide bonds. The van der Waals surface area contributed by atoms with Crippen LogP contribution < -0.4 is 10.6 Å². The van der Waals surface area contributed by atoms with Gasteiger partial charge in [-0.15, -0.1) is 0 Å². The molecule has 0 aromatic heterocycles. The lowest BCUT2D eigenvalue weighted by atomic mass is 10.1. The highest BCUT2D eigenvalue weighted by Crippen LogP contribution is 2.31. The van der Waals surface area contributed by atoms with Crippen LogP contribution in [-0.2, 0) is 9.53 Å². The summed E-state index contributed by atoms with van der Waals surface area (Å²) >= 11 is 6.34. The molecule has 102 valence electrons. The van der Waals surface area contributed by atoms with E-state index in [9.17, 15) is 4.79 Å². The molecule has 0 radical (unpaired) electrons. The zero-order chi connectivity index (χ0) is 13.8. The van der Waals surface area contributed by atoms with Crippen molar-refractivity contribution in [2.75, 3.05) is 31.2 Å². The lowest BCUT2D eigenvalue weighted by molar-refractivity contribution is -0.113. The highest BCUT2D eigenvalue weighted by atomic mass is 35.5. The molecule has 1 fully saturated rings. The van der Waals surface area contributed by atoms with Crippen LogP contribution >= 0.6 is 11.6 Å². The molecule has 0 bridgehead atoms. The summed E-state index contributed by atoms with van der Waals surface area (Å²) in [6.45, 7) is 5.19. The van der Waals surface area contributed by atoms with Crippen molar-refractivity contribution in [2.24, 2.45) is 5.73 Å².